The minimum absolute atomic E-state index is 0.0282. The second-order valence-electron chi connectivity index (χ2n) is 8.66. The van der Waals surface area contributed by atoms with E-state index in [9.17, 15) is 27.9 Å². The van der Waals surface area contributed by atoms with Gasteiger partial charge in [0.1, 0.15) is 17.8 Å². The maximum Gasteiger partial charge on any atom is 0.418 e. The number of phenolic OH excluding ortho intramolecular Hbond substituents is 1. The maximum atomic E-state index is 13.8. The number of nitrogens with zero attached hydrogens (tertiary/aromatic N) is 2. The van der Waals surface area contributed by atoms with Crippen LogP contribution in [-0.2, 0) is 17.4 Å². The van der Waals surface area contributed by atoms with E-state index in [4.69, 9.17) is 0 Å². The number of carbonyl (C=O) groups is 2. The Bertz CT molecular complexity index is 1510. The molecule has 3 aromatic carbocycles. The highest BCUT2D eigenvalue weighted by Crippen LogP contribution is 2.46. The number of H-pyrrole nitrogens is 1. The number of anilines is 1. The van der Waals surface area contributed by atoms with Crippen molar-refractivity contribution in [2.24, 2.45) is 0 Å². The number of halogens is 3. The molecule has 0 radical (unpaired) electrons. The molecule has 1 fully saturated rings. The summed E-state index contributed by atoms with van der Waals surface area (Å²) in [5.41, 5.74) is 1.30. The van der Waals surface area contributed by atoms with Crippen molar-refractivity contribution in [1.29, 1.82) is 0 Å². The third-order valence-corrected chi connectivity index (χ3v) is 6.69. The third kappa shape index (κ3) is 3.11. The number of benzene rings is 3. The lowest BCUT2D eigenvalue weighted by molar-refractivity contribution is -0.137. The molecule has 3 heterocycles. The fourth-order valence-corrected chi connectivity index (χ4v) is 5.25. The van der Waals surface area contributed by atoms with Crippen molar-refractivity contribution in [3.05, 3.63) is 95.2 Å². The summed E-state index contributed by atoms with van der Waals surface area (Å²) in [5.74, 6) is -0.743. The summed E-state index contributed by atoms with van der Waals surface area (Å²) in [5, 5.41) is 11.0. The Labute approximate surface area is 197 Å². The molecule has 2 aliphatic rings. The van der Waals surface area contributed by atoms with Gasteiger partial charge in [0.25, 0.3) is 5.91 Å². The molecular formula is C26H18F3N3O3. The summed E-state index contributed by atoms with van der Waals surface area (Å²) in [4.78, 5) is 32.6. The van der Waals surface area contributed by atoms with Gasteiger partial charge in [-0.05, 0) is 41.5 Å². The Morgan fingerprint density at radius 1 is 0.943 bits per heavy atom. The molecule has 0 saturated carbocycles. The van der Waals surface area contributed by atoms with Crippen molar-refractivity contribution in [1.82, 2.24) is 9.88 Å². The summed E-state index contributed by atoms with van der Waals surface area (Å²) >= 11 is 0. The molecule has 176 valence electrons. The summed E-state index contributed by atoms with van der Waals surface area (Å²) in [7, 11) is 0. The van der Waals surface area contributed by atoms with E-state index in [1.54, 1.807) is 12.1 Å². The zero-order valence-corrected chi connectivity index (χ0v) is 18.1. The number of rotatable bonds is 2. The minimum Gasteiger partial charge on any atom is -0.508 e. The van der Waals surface area contributed by atoms with Crippen LogP contribution in [0.4, 0.5) is 23.7 Å². The van der Waals surface area contributed by atoms with Crippen LogP contribution >= 0.6 is 0 Å². The van der Waals surface area contributed by atoms with Gasteiger partial charge in [0.2, 0.25) is 0 Å². The largest absolute Gasteiger partial charge is 0.508 e. The van der Waals surface area contributed by atoms with E-state index in [1.165, 1.54) is 29.2 Å². The second-order valence-corrected chi connectivity index (χ2v) is 8.66. The number of imide groups is 1. The first-order valence-electron chi connectivity index (χ1n) is 11.0. The fraction of sp³-hybridized carbons (Fsp3) is 0.154. The van der Waals surface area contributed by atoms with Crippen LogP contribution in [0, 0.1) is 0 Å². The Hall–Kier alpha value is -4.27. The molecule has 6 nitrogen and oxygen atoms in total. The lowest BCUT2D eigenvalue weighted by Gasteiger charge is -2.36. The van der Waals surface area contributed by atoms with Crippen molar-refractivity contribution in [3.8, 4) is 5.75 Å². The zero-order chi connectivity index (χ0) is 24.5. The number of urea groups is 1. The van der Waals surface area contributed by atoms with Gasteiger partial charge in [-0.3, -0.25) is 9.69 Å². The molecule has 1 aromatic heterocycles. The number of amides is 3. The molecule has 3 amide bonds. The highest BCUT2D eigenvalue weighted by molar-refractivity contribution is 6.22. The van der Waals surface area contributed by atoms with Crippen LogP contribution in [0.5, 0.6) is 5.75 Å². The van der Waals surface area contributed by atoms with Crippen LogP contribution in [0.2, 0.25) is 0 Å². The maximum absolute atomic E-state index is 13.8. The quantitative estimate of drug-likeness (QED) is 0.381. The van der Waals surface area contributed by atoms with Crippen molar-refractivity contribution < 1.29 is 27.9 Å². The van der Waals surface area contributed by atoms with Gasteiger partial charge >= 0.3 is 12.2 Å². The van der Waals surface area contributed by atoms with E-state index in [2.05, 4.69) is 4.98 Å². The number of para-hydroxylation sites is 2. The first-order valence-corrected chi connectivity index (χ1v) is 11.0. The van der Waals surface area contributed by atoms with Crippen LogP contribution in [0.15, 0.2) is 72.8 Å². The van der Waals surface area contributed by atoms with Crippen molar-refractivity contribution in [2.75, 3.05) is 4.90 Å². The Morgan fingerprint density at radius 3 is 2.46 bits per heavy atom. The van der Waals surface area contributed by atoms with Gasteiger partial charge in [0.05, 0.1) is 11.3 Å². The van der Waals surface area contributed by atoms with E-state index in [-0.39, 0.29) is 12.2 Å². The molecule has 2 atom stereocenters. The van der Waals surface area contributed by atoms with Crippen molar-refractivity contribution in [2.45, 2.75) is 24.7 Å². The topological polar surface area (TPSA) is 76.6 Å². The minimum atomic E-state index is -4.74. The van der Waals surface area contributed by atoms with Gasteiger partial charge in [-0.25, -0.2) is 9.69 Å². The Balaban J connectivity index is 1.55. The van der Waals surface area contributed by atoms with Gasteiger partial charge in [-0.2, -0.15) is 13.2 Å². The number of fused-ring (bicyclic) bond motifs is 4. The average Bonchev–Trinajstić information content (AvgIpc) is 3.32. The molecule has 1 saturated heterocycles. The lowest BCUT2D eigenvalue weighted by Crippen LogP contribution is -2.44. The van der Waals surface area contributed by atoms with Crippen molar-refractivity contribution >= 4 is 28.5 Å². The lowest BCUT2D eigenvalue weighted by atomic mass is 9.89. The normalized spacial score (nSPS) is 19.9. The number of alkyl halides is 3. The molecular weight excluding hydrogens is 459 g/mol. The van der Waals surface area contributed by atoms with Crippen molar-refractivity contribution in [3.63, 3.8) is 0 Å². The Kier molecular flexibility index (Phi) is 4.48. The molecule has 2 N–H and O–H groups in total. The summed E-state index contributed by atoms with van der Waals surface area (Å²) in [6.07, 6.45) is -4.59. The van der Waals surface area contributed by atoms with Gasteiger partial charge < -0.3 is 10.1 Å². The molecule has 0 spiro atoms. The predicted molar refractivity (Wildman–Crippen MR) is 122 cm³/mol. The van der Waals surface area contributed by atoms with Crippen LogP contribution in [0.3, 0.4) is 0 Å². The van der Waals surface area contributed by atoms with Crippen LogP contribution < -0.4 is 4.90 Å². The molecule has 6 rings (SSSR count). The summed E-state index contributed by atoms with van der Waals surface area (Å²) < 4.78 is 41.3. The summed E-state index contributed by atoms with van der Waals surface area (Å²) in [6, 6.07) is 15.8. The molecule has 0 bridgehead atoms. The molecule has 2 aliphatic heterocycles. The van der Waals surface area contributed by atoms with Gasteiger partial charge in [0.15, 0.2) is 0 Å². The number of aromatic hydroxyl groups is 1. The van der Waals surface area contributed by atoms with E-state index >= 15 is 0 Å². The number of aromatic amines is 1. The van der Waals surface area contributed by atoms with Crippen LogP contribution in [0.1, 0.15) is 28.4 Å². The highest BCUT2D eigenvalue weighted by Gasteiger charge is 2.54. The van der Waals surface area contributed by atoms with Crippen LogP contribution in [-0.4, -0.2) is 33.0 Å². The second kappa shape index (κ2) is 7.36. The van der Waals surface area contributed by atoms with Gasteiger partial charge in [0, 0.05) is 23.0 Å². The number of aromatic nitrogens is 1. The molecule has 2 unspecified atom stereocenters. The number of nitrogens with one attached hydrogen (secondary N) is 1. The van der Waals surface area contributed by atoms with E-state index in [0.717, 1.165) is 28.6 Å². The standard InChI is InChI=1S/C26H18F3N3O3/c27-26(28,29)18-9-2-4-11-20(18)32-24(34)21-13-17-16-8-1-3-10-19(16)30-22(17)23(31(21)25(32)35)14-6-5-7-15(33)12-14/h1-12,21,23,30,33H,13H2. The number of carbonyl (C=O) groups excluding carboxylic acids is 2. The van der Waals surface area contributed by atoms with E-state index < -0.39 is 41.4 Å². The monoisotopic (exact) mass is 477 g/mol. The predicted octanol–water partition coefficient (Wildman–Crippen LogP) is 5.38. The third-order valence-electron chi connectivity index (χ3n) is 6.69. The number of hydrogen-bond donors (Lipinski definition) is 2. The zero-order valence-electron chi connectivity index (χ0n) is 18.1. The summed E-state index contributed by atoms with van der Waals surface area (Å²) in [6.45, 7) is 0. The first kappa shape index (κ1) is 21.3. The molecule has 4 aromatic rings. The molecule has 9 heteroatoms. The van der Waals surface area contributed by atoms with Crippen LogP contribution in [0.25, 0.3) is 10.9 Å². The smallest absolute Gasteiger partial charge is 0.418 e. The van der Waals surface area contributed by atoms with Gasteiger partial charge in [-0.15, -0.1) is 0 Å². The van der Waals surface area contributed by atoms with Gasteiger partial charge in [-0.1, -0.05) is 42.5 Å². The highest BCUT2D eigenvalue weighted by atomic mass is 19.4. The fourth-order valence-electron chi connectivity index (χ4n) is 5.25. The molecule has 0 aliphatic carbocycles. The number of phenols is 1. The number of hydrogen-bond acceptors (Lipinski definition) is 3. The van der Waals surface area contributed by atoms with E-state index in [0.29, 0.717) is 16.2 Å². The SMILES string of the molecule is O=C1C2Cc3c([nH]c4ccccc34)C(c3cccc(O)c3)N2C(=O)N1c1ccccc1C(F)(F)F. The van der Waals surface area contributed by atoms with E-state index in [1.807, 2.05) is 24.3 Å². The Morgan fingerprint density at radius 2 is 1.69 bits per heavy atom. The first-order chi connectivity index (χ1) is 16.8. The molecule has 35 heavy (non-hydrogen) atoms. The average molecular weight is 477 g/mol.